The zero-order valence-electron chi connectivity index (χ0n) is 28.3. The molecule has 0 fully saturated rings. The van der Waals surface area contributed by atoms with Crippen LogP contribution in [0.4, 0.5) is 19.0 Å². The van der Waals surface area contributed by atoms with Crippen molar-refractivity contribution in [3.05, 3.63) is 121 Å². The highest BCUT2D eigenvalue weighted by Crippen LogP contribution is 2.31. The Kier molecular flexibility index (Phi) is 11.8. The number of rotatable bonds is 17. The largest absolute Gasteiger partial charge is 0.381 e. The number of anilines is 1. The molecule has 1 atom stereocenters. The van der Waals surface area contributed by atoms with Crippen molar-refractivity contribution < 1.29 is 37.3 Å². The fourth-order valence-corrected chi connectivity index (χ4v) is 5.58. The molecule has 53 heavy (non-hydrogen) atoms. The second-order valence-corrected chi connectivity index (χ2v) is 12.0. The van der Waals surface area contributed by atoms with Gasteiger partial charge in [0.15, 0.2) is 0 Å². The Morgan fingerprint density at radius 3 is 2.21 bits per heavy atom. The Balaban J connectivity index is 0.944. The monoisotopic (exact) mass is 728 g/mol. The van der Waals surface area contributed by atoms with E-state index in [-0.39, 0.29) is 69.6 Å². The highest BCUT2D eigenvalue weighted by Gasteiger charge is 2.34. The van der Waals surface area contributed by atoms with Crippen molar-refractivity contribution in [2.24, 2.45) is 0 Å². The van der Waals surface area contributed by atoms with Crippen LogP contribution in [0.2, 0.25) is 0 Å². The first-order valence-corrected chi connectivity index (χ1v) is 16.6. The van der Waals surface area contributed by atoms with E-state index in [1.54, 1.807) is 35.1 Å². The number of hydrogen-bond donors (Lipinski definition) is 3. The maximum Gasteiger partial charge on any atom is 0.227 e. The lowest BCUT2D eigenvalue weighted by Crippen LogP contribution is -2.44. The van der Waals surface area contributed by atoms with Crippen molar-refractivity contribution in [3.63, 3.8) is 0 Å². The van der Waals surface area contributed by atoms with Crippen LogP contribution in [0.15, 0.2) is 97.8 Å². The summed E-state index contributed by atoms with van der Waals surface area (Å²) in [4.78, 5) is 33.2. The van der Waals surface area contributed by atoms with Gasteiger partial charge in [0.25, 0.3) is 0 Å². The molecule has 6 aromatic rings. The van der Waals surface area contributed by atoms with Gasteiger partial charge < -0.3 is 25.2 Å². The lowest BCUT2D eigenvalue weighted by atomic mass is 9.92. The summed E-state index contributed by atoms with van der Waals surface area (Å²) >= 11 is 0. The minimum Gasteiger partial charge on any atom is -0.381 e. The number of carbonyl (C=O) groups excluding carboxylic acids is 2. The number of pyridine rings is 2. The SMILES string of the molecule is O=C(CCOCCOCCC(=O)Nc1ccc(-c2ccncc2)c2cc(-c3ccc(F)cc3)nn12)NCC(O)(Cn1cncn1)c1ccc(F)cc1F. The maximum absolute atomic E-state index is 14.6. The van der Waals surface area contributed by atoms with Gasteiger partial charge in [-0.25, -0.2) is 27.4 Å². The number of nitrogens with zero attached hydrogens (tertiary/aromatic N) is 6. The number of hydrogen-bond acceptors (Lipinski definition) is 9. The summed E-state index contributed by atoms with van der Waals surface area (Å²) in [6.07, 6.45) is 5.94. The summed E-state index contributed by atoms with van der Waals surface area (Å²) < 4.78 is 55.6. The zero-order chi connectivity index (χ0) is 37.2. The molecule has 16 heteroatoms. The molecule has 6 rings (SSSR count). The number of carbonyl (C=O) groups is 2. The molecule has 0 aliphatic heterocycles. The standard InChI is InChI=1S/C37H35F3N8O5/c38-27-3-1-26(2-4-27)32-20-33-29(25-9-13-41-14-10-25)6-8-34(48(33)46-32)45-36(50)12-16-53-18-17-52-15-11-35(49)43-21-37(51,22-47-24-42-23-44-47)30-7-5-28(39)19-31(30)40/h1-10,13-14,19-20,23-24,51H,11-12,15-18,21-22H2,(H,43,49)(H,45,50). The van der Waals surface area contributed by atoms with Crippen molar-refractivity contribution in [1.29, 1.82) is 0 Å². The van der Waals surface area contributed by atoms with Gasteiger partial charge in [0, 0.05) is 41.6 Å². The molecule has 0 saturated heterocycles. The molecular formula is C37H35F3N8O5. The average Bonchev–Trinajstić information content (AvgIpc) is 3.83. The Labute approximate surface area is 301 Å². The van der Waals surface area contributed by atoms with Crippen LogP contribution in [0.25, 0.3) is 27.9 Å². The van der Waals surface area contributed by atoms with Crippen molar-refractivity contribution in [2.75, 3.05) is 38.3 Å². The van der Waals surface area contributed by atoms with Crippen LogP contribution in [0, 0.1) is 17.5 Å². The third kappa shape index (κ3) is 9.48. The molecule has 0 bridgehead atoms. The number of halogens is 3. The van der Waals surface area contributed by atoms with Gasteiger partial charge in [-0.3, -0.25) is 14.6 Å². The fourth-order valence-electron chi connectivity index (χ4n) is 5.58. The smallest absolute Gasteiger partial charge is 0.227 e. The van der Waals surface area contributed by atoms with Crippen LogP contribution in [0.3, 0.4) is 0 Å². The van der Waals surface area contributed by atoms with E-state index in [0.29, 0.717) is 17.6 Å². The minimum atomic E-state index is -1.94. The highest BCUT2D eigenvalue weighted by atomic mass is 19.1. The number of aliphatic hydroxyl groups is 1. The molecule has 274 valence electrons. The van der Waals surface area contributed by atoms with E-state index in [2.05, 4.69) is 25.7 Å². The van der Waals surface area contributed by atoms with Gasteiger partial charge in [-0.2, -0.15) is 10.2 Å². The second-order valence-electron chi connectivity index (χ2n) is 12.0. The molecule has 0 radical (unpaired) electrons. The molecule has 3 N–H and O–H groups in total. The van der Waals surface area contributed by atoms with Crippen LogP contribution in [-0.4, -0.2) is 79.3 Å². The second kappa shape index (κ2) is 17.0. The van der Waals surface area contributed by atoms with Crippen molar-refractivity contribution >= 4 is 23.1 Å². The van der Waals surface area contributed by atoms with E-state index in [4.69, 9.17) is 14.6 Å². The van der Waals surface area contributed by atoms with Gasteiger partial charge in [-0.1, -0.05) is 6.07 Å². The first-order chi connectivity index (χ1) is 25.7. The van der Waals surface area contributed by atoms with Crippen LogP contribution in [-0.2, 0) is 31.2 Å². The molecule has 0 saturated carbocycles. The van der Waals surface area contributed by atoms with Gasteiger partial charge >= 0.3 is 0 Å². The highest BCUT2D eigenvalue weighted by molar-refractivity contribution is 5.92. The number of nitrogens with one attached hydrogen (secondary N) is 2. The molecule has 1 unspecified atom stereocenters. The van der Waals surface area contributed by atoms with E-state index >= 15 is 0 Å². The first-order valence-electron chi connectivity index (χ1n) is 16.6. The molecule has 4 heterocycles. The van der Waals surface area contributed by atoms with Crippen molar-refractivity contribution in [3.8, 4) is 22.4 Å². The number of amides is 2. The van der Waals surface area contributed by atoms with Crippen molar-refractivity contribution in [2.45, 2.75) is 25.0 Å². The number of benzene rings is 2. The lowest BCUT2D eigenvalue weighted by molar-refractivity contribution is -0.124. The zero-order valence-corrected chi connectivity index (χ0v) is 28.3. The van der Waals surface area contributed by atoms with Crippen LogP contribution in [0.1, 0.15) is 18.4 Å². The summed E-state index contributed by atoms with van der Waals surface area (Å²) in [7, 11) is 0. The summed E-state index contributed by atoms with van der Waals surface area (Å²) in [5.74, 6) is -2.45. The number of aromatic nitrogens is 6. The Bertz CT molecular complexity index is 2150. The molecule has 13 nitrogen and oxygen atoms in total. The van der Waals surface area contributed by atoms with E-state index in [1.165, 1.54) is 29.5 Å². The Morgan fingerprint density at radius 1 is 0.792 bits per heavy atom. The normalized spacial score (nSPS) is 12.5. The summed E-state index contributed by atoms with van der Waals surface area (Å²) in [6.45, 7) is -0.151. The molecule has 2 amide bonds. The van der Waals surface area contributed by atoms with Gasteiger partial charge in [0.1, 0.15) is 41.5 Å². The maximum atomic E-state index is 14.6. The van der Waals surface area contributed by atoms with Gasteiger partial charge in [0.2, 0.25) is 11.8 Å². The van der Waals surface area contributed by atoms with E-state index < -0.39 is 23.1 Å². The van der Waals surface area contributed by atoms with Gasteiger partial charge in [-0.15, -0.1) is 0 Å². The topological polar surface area (TPSA) is 158 Å². The van der Waals surface area contributed by atoms with E-state index in [0.717, 1.165) is 34.3 Å². The molecule has 2 aromatic carbocycles. The summed E-state index contributed by atoms with van der Waals surface area (Å²) in [6, 6.07) is 18.1. The molecule has 0 spiro atoms. The summed E-state index contributed by atoms with van der Waals surface area (Å²) in [5, 5.41) is 25.4. The number of fused-ring (bicyclic) bond motifs is 1. The Hall–Kier alpha value is -5.97. The summed E-state index contributed by atoms with van der Waals surface area (Å²) in [5.41, 5.74) is 1.69. The first kappa shape index (κ1) is 36.8. The van der Waals surface area contributed by atoms with Gasteiger partial charge in [-0.05, 0) is 66.2 Å². The predicted molar refractivity (Wildman–Crippen MR) is 187 cm³/mol. The molecular weight excluding hydrogens is 693 g/mol. The third-order valence-electron chi connectivity index (χ3n) is 8.24. The van der Waals surface area contributed by atoms with E-state index in [1.807, 2.05) is 24.3 Å². The fraction of sp³-hybridized carbons (Fsp3) is 0.243. The molecule has 4 aromatic heterocycles. The van der Waals surface area contributed by atoms with Crippen LogP contribution < -0.4 is 10.6 Å². The third-order valence-corrected chi connectivity index (χ3v) is 8.24. The number of ether oxygens (including phenoxy) is 2. The lowest BCUT2D eigenvalue weighted by Gasteiger charge is -2.29. The molecule has 0 aliphatic rings. The Morgan fingerprint density at radius 2 is 1.51 bits per heavy atom. The predicted octanol–water partition coefficient (Wildman–Crippen LogP) is 4.53. The van der Waals surface area contributed by atoms with Crippen LogP contribution in [0.5, 0.6) is 0 Å². The van der Waals surface area contributed by atoms with Crippen molar-refractivity contribution in [1.82, 2.24) is 34.7 Å². The van der Waals surface area contributed by atoms with Crippen LogP contribution >= 0.6 is 0 Å². The average molecular weight is 729 g/mol. The van der Waals surface area contributed by atoms with E-state index in [9.17, 15) is 27.9 Å². The minimum absolute atomic E-state index is 0.0390. The van der Waals surface area contributed by atoms with Gasteiger partial charge in [0.05, 0.1) is 57.1 Å². The quantitative estimate of drug-likeness (QED) is 0.115. The molecule has 0 aliphatic carbocycles.